The van der Waals surface area contributed by atoms with E-state index in [1.165, 1.54) is 0 Å². The van der Waals surface area contributed by atoms with E-state index in [2.05, 4.69) is 20.9 Å². The molecule has 0 aromatic carbocycles. The first-order valence-electron chi connectivity index (χ1n) is 5.21. The molecular formula is C10H9BrF2N2O3S. The Morgan fingerprint density at radius 2 is 2.11 bits per heavy atom. The third-order valence-electron chi connectivity index (χ3n) is 2.67. The number of H-pyrrole nitrogens is 1. The van der Waals surface area contributed by atoms with Gasteiger partial charge in [-0.1, -0.05) is 0 Å². The Bertz CT molecular complexity index is 737. The molecule has 1 unspecified atom stereocenters. The molecule has 0 bridgehead atoms. The summed E-state index contributed by atoms with van der Waals surface area (Å²) in [7, 11) is 0. The van der Waals surface area contributed by atoms with Gasteiger partial charge >= 0.3 is 5.69 Å². The Kier molecular flexibility index (Phi) is 3.88. The third-order valence-corrected chi connectivity index (χ3v) is 4.85. The lowest BCUT2D eigenvalue weighted by Gasteiger charge is -2.11. The molecule has 0 saturated heterocycles. The van der Waals surface area contributed by atoms with Crippen LogP contribution >= 0.6 is 27.3 Å². The van der Waals surface area contributed by atoms with E-state index in [0.29, 0.717) is 9.35 Å². The number of aliphatic hydroxyl groups is 1. The number of aromatic nitrogens is 2. The molecule has 2 aromatic heterocycles. The molecule has 2 aromatic rings. The summed E-state index contributed by atoms with van der Waals surface area (Å²) < 4.78 is 26.3. The fourth-order valence-corrected chi connectivity index (χ4v) is 3.38. The average Bonchev–Trinajstić information content (AvgIpc) is 2.61. The number of nitrogens with one attached hydrogen (secondary N) is 1. The molecule has 0 radical (unpaired) electrons. The lowest BCUT2D eigenvalue weighted by atomic mass is 10.2. The first-order chi connectivity index (χ1) is 8.82. The van der Waals surface area contributed by atoms with Gasteiger partial charge in [0.2, 0.25) is 0 Å². The second-order valence-electron chi connectivity index (χ2n) is 3.95. The van der Waals surface area contributed by atoms with Gasteiger partial charge in [-0.25, -0.2) is 13.6 Å². The number of thiophene rings is 1. The van der Waals surface area contributed by atoms with Crippen LogP contribution in [0.5, 0.6) is 0 Å². The third kappa shape index (κ3) is 2.49. The predicted octanol–water partition coefficient (Wildman–Crippen LogP) is 1.45. The highest BCUT2D eigenvalue weighted by molar-refractivity contribution is 9.11. The van der Waals surface area contributed by atoms with E-state index >= 15 is 0 Å². The number of aromatic amines is 1. The monoisotopic (exact) mass is 354 g/mol. The first-order valence-corrected chi connectivity index (χ1v) is 6.81. The Morgan fingerprint density at radius 3 is 2.68 bits per heavy atom. The van der Waals surface area contributed by atoms with Gasteiger partial charge < -0.3 is 5.11 Å². The maximum absolute atomic E-state index is 12.4. The summed E-state index contributed by atoms with van der Waals surface area (Å²) in [5.74, 6) is 0. The molecule has 0 aliphatic carbocycles. The molecule has 0 spiro atoms. The molecule has 0 fully saturated rings. The average molecular weight is 355 g/mol. The van der Waals surface area contributed by atoms with E-state index in [4.69, 9.17) is 0 Å². The predicted molar refractivity (Wildman–Crippen MR) is 71.2 cm³/mol. The summed E-state index contributed by atoms with van der Waals surface area (Å²) in [6.45, 7) is 1.10. The van der Waals surface area contributed by atoms with Crippen LogP contribution in [0, 0.1) is 6.92 Å². The largest absolute Gasteiger partial charge is 0.385 e. The van der Waals surface area contributed by atoms with Crippen molar-refractivity contribution in [1.29, 1.82) is 0 Å². The van der Waals surface area contributed by atoms with Gasteiger partial charge in [0.05, 0.1) is 15.7 Å². The maximum atomic E-state index is 12.4. The fourth-order valence-electron chi connectivity index (χ4n) is 1.68. The Morgan fingerprint density at radius 1 is 1.47 bits per heavy atom. The Balaban J connectivity index is 2.71. The first kappa shape index (κ1) is 14.4. The summed E-state index contributed by atoms with van der Waals surface area (Å²) in [6, 6.07) is 0. The molecular weight excluding hydrogens is 346 g/mol. The van der Waals surface area contributed by atoms with Crippen molar-refractivity contribution < 1.29 is 13.9 Å². The number of hydrogen-bond donors (Lipinski definition) is 2. The van der Waals surface area contributed by atoms with Gasteiger partial charge in [-0.2, -0.15) is 0 Å². The van der Waals surface area contributed by atoms with Crippen LogP contribution in [-0.4, -0.2) is 27.2 Å². The van der Waals surface area contributed by atoms with Gasteiger partial charge in [-0.3, -0.25) is 14.3 Å². The summed E-state index contributed by atoms with van der Waals surface area (Å²) in [5.41, 5.74) is -0.755. The fraction of sp³-hybridized carbons (Fsp3) is 0.400. The normalized spacial score (nSPS) is 13.4. The number of hydrogen-bond acceptors (Lipinski definition) is 4. The van der Waals surface area contributed by atoms with Gasteiger partial charge in [0.1, 0.15) is 10.9 Å². The molecule has 104 valence electrons. The van der Waals surface area contributed by atoms with E-state index in [-0.39, 0.29) is 10.2 Å². The van der Waals surface area contributed by atoms with Crippen LogP contribution in [0.2, 0.25) is 0 Å². The van der Waals surface area contributed by atoms with E-state index < -0.39 is 30.3 Å². The van der Waals surface area contributed by atoms with Crippen LogP contribution in [0.1, 0.15) is 5.56 Å². The topological polar surface area (TPSA) is 75.1 Å². The van der Waals surface area contributed by atoms with Crippen molar-refractivity contribution in [3.8, 4) is 0 Å². The van der Waals surface area contributed by atoms with Crippen LogP contribution in [-0.2, 0) is 6.54 Å². The zero-order valence-corrected chi connectivity index (χ0v) is 12.0. The van der Waals surface area contributed by atoms with Crippen molar-refractivity contribution in [2.75, 3.05) is 0 Å². The van der Waals surface area contributed by atoms with E-state index in [1.54, 1.807) is 6.92 Å². The quantitative estimate of drug-likeness (QED) is 0.875. The zero-order valence-electron chi connectivity index (χ0n) is 9.61. The Labute approximate surface area is 117 Å². The number of fused-ring (bicyclic) bond motifs is 1. The molecule has 2 rings (SSSR count). The minimum atomic E-state index is -2.96. The van der Waals surface area contributed by atoms with Gasteiger partial charge in [0.25, 0.3) is 12.0 Å². The summed E-state index contributed by atoms with van der Waals surface area (Å²) in [4.78, 5) is 25.7. The number of nitrogens with zero attached hydrogens (tertiary/aromatic N) is 1. The highest BCUT2D eigenvalue weighted by Crippen LogP contribution is 2.32. The number of aliphatic hydroxyl groups excluding tert-OH is 1. The standard InChI is InChI=1S/C10H9BrF2N2O3S/c1-3-5-8(17)14-10(18)15(2-4(16)7(12)13)9(5)19-6(3)11/h4,7,16H,2H2,1H3,(H,14,17,18). The van der Waals surface area contributed by atoms with E-state index in [1.807, 2.05) is 0 Å². The summed E-state index contributed by atoms with van der Waals surface area (Å²) >= 11 is 4.33. The minimum Gasteiger partial charge on any atom is -0.385 e. The van der Waals surface area contributed by atoms with Crippen LogP contribution in [0.25, 0.3) is 10.2 Å². The molecule has 2 heterocycles. The van der Waals surface area contributed by atoms with Crippen LogP contribution in [0.4, 0.5) is 8.78 Å². The smallest absolute Gasteiger partial charge is 0.329 e. The van der Waals surface area contributed by atoms with Crippen molar-refractivity contribution >= 4 is 37.5 Å². The minimum absolute atomic E-state index is 0.262. The van der Waals surface area contributed by atoms with Crippen molar-refractivity contribution in [2.24, 2.45) is 0 Å². The number of aryl methyl sites for hydroxylation is 1. The van der Waals surface area contributed by atoms with Gasteiger partial charge in [0.15, 0.2) is 0 Å². The van der Waals surface area contributed by atoms with E-state index in [0.717, 1.165) is 15.9 Å². The molecule has 0 amide bonds. The highest BCUT2D eigenvalue weighted by Gasteiger charge is 2.21. The van der Waals surface area contributed by atoms with Crippen molar-refractivity contribution in [1.82, 2.24) is 9.55 Å². The van der Waals surface area contributed by atoms with E-state index in [9.17, 15) is 23.5 Å². The molecule has 0 saturated carbocycles. The molecule has 1 atom stereocenters. The lowest BCUT2D eigenvalue weighted by Crippen LogP contribution is -2.35. The van der Waals surface area contributed by atoms with Gasteiger partial charge in [-0.05, 0) is 28.4 Å². The van der Waals surface area contributed by atoms with Crippen LogP contribution < -0.4 is 11.2 Å². The van der Waals surface area contributed by atoms with Crippen molar-refractivity contribution in [3.05, 3.63) is 30.2 Å². The lowest BCUT2D eigenvalue weighted by molar-refractivity contribution is -0.0135. The number of alkyl halides is 2. The second-order valence-corrected chi connectivity index (χ2v) is 6.27. The molecule has 0 aliphatic heterocycles. The van der Waals surface area contributed by atoms with Gasteiger partial charge in [-0.15, -0.1) is 11.3 Å². The summed E-state index contributed by atoms with van der Waals surface area (Å²) in [5, 5.41) is 9.46. The molecule has 19 heavy (non-hydrogen) atoms. The number of halogens is 3. The van der Waals surface area contributed by atoms with Crippen LogP contribution in [0.15, 0.2) is 13.4 Å². The molecule has 0 aliphatic rings. The molecule has 2 N–H and O–H groups in total. The van der Waals surface area contributed by atoms with Gasteiger partial charge in [0, 0.05) is 0 Å². The number of rotatable bonds is 3. The van der Waals surface area contributed by atoms with Crippen molar-refractivity contribution in [2.45, 2.75) is 26.0 Å². The van der Waals surface area contributed by atoms with Crippen molar-refractivity contribution in [3.63, 3.8) is 0 Å². The summed E-state index contributed by atoms with van der Waals surface area (Å²) in [6.07, 6.45) is -4.92. The molecule has 9 heteroatoms. The van der Waals surface area contributed by atoms with Crippen LogP contribution in [0.3, 0.4) is 0 Å². The highest BCUT2D eigenvalue weighted by atomic mass is 79.9. The molecule has 5 nitrogen and oxygen atoms in total. The zero-order chi connectivity index (χ0) is 14.3. The SMILES string of the molecule is Cc1c(Br)sc2c1c(=O)[nH]c(=O)n2CC(O)C(F)F. The second kappa shape index (κ2) is 5.14. The Hall–Kier alpha value is -1.06. The maximum Gasteiger partial charge on any atom is 0.329 e.